The zero-order valence-electron chi connectivity index (χ0n) is 22.4. The van der Waals surface area contributed by atoms with Gasteiger partial charge in [-0.3, -0.25) is 9.59 Å². The van der Waals surface area contributed by atoms with Crippen LogP contribution in [-0.4, -0.2) is 60.2 Å². The second kappa shape index (κ2) is 12.3. The summed E-state index contributed by atoms with van der Waals surface area (Å²) in [4.78, 5) is 30.8. The molecule has 0 bridgehead atoms. The van der Waals surface area contributed by atoms with Crippen molar-refractivity contribution in [1.29, 1.82) is 0 Å². The van der Waals surface area contributed by atoms with E-state index in [1.54, 1.807) is 26.0 Å². The summed E-state index contributed by atoms with van der Waals surface area (Å²) in [6.07, 6.45) is -5.15. The van der Waals surface area contributed by atoms with E-state index in [0.717, 1.165) is 14.3 Å². The van der Waals surface area contributed by atoms with Crippen molar-refractivity contribution in [3.63, 3.8) is 0 Å². The fourth-order valence-electron chi connectivity index (χ4n) is 3.89. The molecular weight excluding hydrogens is 740 g/mol. The molecule has 0 saturated heterocycles. The van der Waals surface area contributed by atoms with E-state index in [1.807, 2.05) is 22.6 Å². The highest BCUT2D eigenvalue weighted by Gasteiger charge is 2.74. The van der Waals surface area contributed by atoms with E-state index in [4.69, 9.17) is 11.6 Å². The molecule has 3 heterocycles. The third kappa shape index (κ3) is 6.35. The monoisotopic (exact) mass is 758 g/mol. The second-order valence-corrected chi connectivity index (χ2v) is 10.8. The van der Waals surface area contributed by atoms with E-state index in [2.05, 4.69) is 30.9 Å². The molecule has 0 fully saturated rings. The zero-order chi connectivity index (χ0) is 32.6. The predicted octanol–water partition coefficient (Wildman–Crippen LogP) is 5.76. The van der Waals surface area contributed by atoms with E-state index >= 15 is 0 Å². The third-order valence-corrected chi connectivity index (χ3v) is 6.88. The predicted molar refractivity (Wildman–Crippen MR) is 150 cm³/mol. The number of amides is 2. The van der Waals surface area contributed by atoms with Crippen molar-refractivity contribution in [2.24, 2.45) is 0 Å². The van der Waals surface area contributed by atoms with Crippen LogP contribution >= 0.6 is 34.2 Å². The van der Waals surface area contributed by atoms with Crippen molar-refractivity contribution in [3.05, 3.63) is 79.5 Å². The fraction of sp³-hybridized carbons (Fsp3) is 0.280. The summed E-state index contributed by atoms with van der Waals surface area (Å²) >= 11 is 8.27. The maximum absolute atomic E-state index is 14.1. The number of hydrogen-bond acceptors (Lipinski definition) is 6. The van der Waals surface area contributed by atoms with Gasteiger partial charge >= 0.3 is 18.0 Å². The lowest BCUT2D eigenvalue weighted by Gasteiger charge is -2.26. The minimum Gasteiger partial charge on any atom is -0.352 e. The van der Waals surface area contributed by atoms with Gasteiger partial charge in [0.1, 0.15) is 12.2 Å². The Morgan fingerprint density at radius 3 is 2.39 bits per heavy atom. The Morgan fingerprint density at radius 1 is 1.05 bits per heavy atom. The average molecular weight is 759 g/mol. The molecule has 0 spiro atoms. The second-order valence-electron chi connectivity index (χ2n) is 9.11. The highest BCUT2D eigenvalue weighted by atomic mass is 127. The summed E-state index contributed by atoms with van der Waals surface area (Å²) in [5.41, 5.74) is -1.39. The Balaban J connectivity index is 1.73. The first-order valence-electron chi connectivity index (χ1n) is 12.3. The summed E-state index contributed by atoms with van der Waals surface area (Å²) in [7, 11) is 0. The number of hydrogen-bond donors (Lipinski definition) is 2. The molecule has 19 heteroatoms. The number of carbonyl (C=O) groups excluding carboxylic acids is 2. The molecule has 44 heavy (non-hydrogen) atoms. The molecule has 0 aliphatic carbocycles. The van der Waals surface area contributed by atoms with Gasteiger partial charge in [0, 0.05) is 16.3 Å². The SMILES string of the molecule is CCNC(=O)c1cc(I)cc(C)c1NC(=O)c1cc(Cn2ncc(C(F)(F)C(F)(F)C(F)(F)F)n2)nn1-c1ncccc1Cl. The van der Waals surface area contributed by atoms with Crippen molar-refractivity contribution in [2.75, 3.05) is 11.9 Å². The van der Waals surface area contributed by atoms with E-state index in [0.29, 0.717) is 16.9 Å². The Labute approximate surface area is 262 Å². The Bertz CT molecular complexity index is 1720. The van der Waals surface area contributed by atoms with Gasteiger partial charge in [0.25, 0.3) is 11.8 Å². The van der Waals surface area contributed by atoms with Gasteiger partial charge in [-0.1, -0.05) is 11.6 Å². The van der Waals surface area contributed by atoms with Crippen LogP contribution in [0.2, 0.25) is 5.02 Å². The maximum Gasteiger partial charge on any atom is 0.460 e. The highest BCUT2D eigenvalue weighted by Crippen LogP contribution is 2.51. The smallest absolute Gasteiger partial charge is 0.352 e. The number of pyridine rings is 1. The molecule has 4 rings (SSSR count). The van der Waals surface area contributed by atoms with Gasteiger partial charge in [-0.2, -0.15) is 50.8 Å². The molecule has 0 saturated carbocycles. The molecule has 3 aromatic heterocycles. The van der Waals surface area contributed by atoms with E-state index < -0.39 is 42.1 Å². The molecule has 0 unspecified atom stereocenters. The van der Waals surface area contributed by atoms with Crippen molar-refractivity contribution >= 4 is 51.7 Å². The van der Waals surface area contributed by atoms with Crippen LogP contribution in [0, 0.1) is 10.5 Å². The van der Waals surface area contributed by atoms with Gasteiger partial charge < -0.3 is 10.6 Å². The zero-order valence-corrected chi connectivity index (χ0v) is 25.3. The van der Waals surface area contributed by atoms with Gasteiger partial charge in [-0.05, 0) is 72.3 Å². The number of halogens is 9. The van der Waals surface area contributed by atoms with Gasteiger partial charge in [0.2, 0.25) is 0 Å². The van der Waals surface area contributed by atoms with Crippen LogP contribution in [0.1, 0.15) is 44.7 Å². The largest absolute Gasteiger partial charge is 0.460 e. The molecule has 0 aliphatic rings. The average Bonchev–Trinajstić information content (AvgIpc) is 3.57. The lowest BCUT2D eigenvalue weighted by molar-refractivity contribution is -0.360. The first-order chi connectivity index (χ1) is 20.5. The first-order valence-corrected chi connectivity index (χ1v) is 13.8. The quantitative estimate of drug-likeness (QED) is 0.166. The number of rotatable bonds is 9. The molecule has 1 aromatic carbocycles. The molecule has 4 aromatic rings. The number of benzene rings is 1. The molecule has 0 atom stereocenters. The number of anilines is 1. The molecule has 2 N–H and O–H groups in total. The molecule has 0 aliphatic heterocycles. The summed E-state index contributed by atoms with van der Waals surface area (Å²) in [5, 5.41) is 16.0. The Hall–Kier alpha value is -3.81. The van der Waals surface area contributed by atoms with Crippen molar-refractivity contribution in [2.45, 2.75) is 38.4 Å². The highest BCUT2D eigenvalue weighted by molar-refractivity contribution is 14.1. The van der Waals surface area contributed by atoms with Gasteiger partial charge in [0.05, 0.1) is 28.2 Å². The van der Waals surface area contributed by atoms with Crippen LogP contribution in [0.15, 0.2) is 42.7 Å². The maximum atomic E-state index is 14.1. The number of alkyl halides is 7. The minimum absolute atomic E-state index is 0.0400. The lowest BCUT2D eigenvalue weighted by Crippen LogP contribution is -2.50. The topological polar surface area (TPSA) is 120 Å². The number of aromatic nitrogens is 6. The van der Waals surface area contributed by atoms with Crippen LogP contribution in [-0.2, 0) is 12.5 Å². The molecule has 0 radical (unpaired) electrons. The first kappa shape index (κ1) is 33.1. The molecule has 234 valence electrons. The van der Waals surface area contributed by atoms with Crippen LogP contribution in [0.25, 0.3) is 5.82 Å². The van der Waals surface area contributed by atoms with Crippen LogP contribution in [0.4, 0.5) is 36.4 Å². The van der Waals surface area contributed by atoms with Crippen molar-refractivity contribution < 1.29 is 40.3 Å². The standard InChI is InChI=1S/C25H19ClF7IN8O2/c1-3-35-21(43)15-8-13(34)7-12(2)19(15)38-22(44)17-9-14(39-42(17)20-16(26)5-4-6-36-20)11-41-37-10-18(40-41)23(27,28)24(29,30)25(31,32)33/h4-10H,3,11H2,1-2H3,(H,35,43)(H,38,44). The molecular formula is C25H19ClF7IN8O2. The summed E-state index contributed by atoms with van der Waals surface area (Å²) in [5.74, 6) is -13.5. The Morgan fingerprint density at radius 2 is 1.75 bits per heavy atom. The van der Waals surface area contributed by atoms with Crippen LogP contribution in [0.3, 0.4) is 0 Å². The summed E-state index contributed by atoms with van der Waals surface area (Å²) < 4.78 is 94.8. The van der Waals surface area contributed by atoms with E-state index in [9.17, 15) is 40.3 Å². The van der Waals surface area contributed by atoms with E-state index in [-0.39, 0.29) is 39.7 Å². The van der Waals surface area contributed by atoms with Crippen molar-refractivity contribution in [3.8, 4) is 5.82 Å². The summed E-state index contributed by atoms with van der Waals surface area (Å²) in [6.45, 7) is 3.05. The van der Waals surface area contributed by atoms with Crippen LogP contribution in [0.5, 0.6) is 0 Å². The Kier molecular flexibility index (Phi) is 9.24. The normalized spacial score (nSPS) is 12.3. The number of carbonyl (C=O) groups is 2. The third-order valence-electron chi connectivity index (χ3n) is 5.97. The lowest BCUT2D eigenvalue weighted by atomic mass is 10.1. The molecule has 10 nitrogen and oxygen atoms in total. The molecule has 2 amide bonds. The van der Waals surface area contributed by atoms with Crippen LogP contribution < -0.4 is 10.6 Å². The number of aryl methyl sites for hydroxylation is 1. The number of nitrogens with zero attached hydrogens (tertiary/aromatic N) is 6. The summed E-state index contributed by atoms with van der Waals surface area (Å²) in [6, 6.07) is 7.37. The van der Waals surface area contributed by atoms with Gasteiger partial charge in [-0.25, -0.2) is 9.67 Å². The van der Waals surface area contributed by atoms with Gasteiger partial charge in [0.15, 0.2) is 11.5 Å². The fourth-order valence-corrected chi connectivity index (χ4v) is 4.87. The van der Waals surface area contributed by atoms with E-state index in [1.165, 1.54) is 18.3 Å². The minimum atomic E-state index is -6.56. The van der Waals surface area contributed by atoms with Gasteiger partial charge in [-0.15, -0.1) is 0 Å². The number of nitrogens with one attached hydrogen (secondary N) is 2. The van der Waals surface area contributed by atoms with Crippen molar-refractivity contribution in [1.82, 2.24) is 35.1 Å².